The number of esters is 1. The minimum absolute atomic E-state index is 0.0625. The minimum Gasteiger partial charge on any atom is -0.461 e. The van der Waals surface area contributed by atoms with Crippen LogP contribution in [0.5, 0.6) is 0 Å². The molecule has 2 atom stereocenters. The van der Waals surface area contributed by atoms with Crippen molar-refractivity contribution in [2.75, 3.05) is 13.7 Å². The molecular weight excluding hydrogens is 331 g/mol. The molecule has 1 rings (SSSR count). The van der Waals surface area contributed by atoms with Crippen LogP contribution in [0.4, 0.5) is 13.2 Å². The average molecular weight is 349 g/mol. The van der Waals surface area contributed by atoms with Crippen molar-refractivity contribution in [3.8, 4) is 0 Å². The second kappa shape index (κ2) is 8.32. The van der Waals surface area contributed by atoms with E-state index in [0.717, 1.165) is 0 Å². The summed E-state index contributed by atoms with van der Waals surface area (Å²) in [6.45, 7) is 2.53. The van der Waals surface area contributed by atoms with E-state index in [1.54, 1.807) is 0 Å². The van der Waals surface area contributed by atoms with Crippen molar-refractivity contribution in [2.45, 2.75) is 44.2 Å². The van der Waals surface area contributed by atoms with Crippen LogP contribution in [0, 0.1) is 0 Å². The number of halogens is 3. The summed E-state index contributed by atoms with van der Waals surface area (Å²) in [6, 6.07) is -1.04. The van der Waals surface area contributed by atoms with Crippen LogP contribution in [-0.4, -0.2) is 51.5 Å². The van der Waals surface area contributed by atoms with Crippen molar-refractivity contribution >= 4 is 22.0 Å². The molecule has 130 valence electrons. The molecule has 0 aromatic heterocycles. The molecule has 0 aromatic rings. The Balaban J connectivity index is 0.00000211. The summed E-state index contributed by atoms with van der Waals surface area (Å²) in [5.41, 5.74) is 0. The predicted molar refractivity (Wildman–Crippen MR) is 69.2 cm³/mol. The van der Waals surface area contributed by atoms with Crippen molar-refractivity contribution in [1.29, 1.82) is 0 Å². The maximum absolute atomic E-state index is 13.2. The van der Waals surface area contributed by atoms with Gasteiger partial charge in [0.1, 0.15) is 12.6 Å². The molecule has 1 N–H and O–H groups in total. The van der Waals surface area contributed by atoms with Gasteiger partial charge in [-0.25, -0.2) is 9.18 Å². The van der Waals surface area contributed by atoms with Crippen molar-refractivity contribution in [3.05, 3.63) is 0 Å². The molecule has 1 saturated heterocycles. The molecule has 1 aliphatic rings. The highest BCUT2D eigenvalue weighted by molar-refractivity contribution is 7.87. The lowest BCUT2D eigenvalue weighted by Crippen LogP contribution is -2.43. The topological polar surface area (TPSA) is 98.8 Å². The summed E-state index contributed by atoms with van der Waals surface area (Å²) in [7, 11) is -4.99. The molecule has 0 aliphatic carbocycles. The van der Waals surface area contributed by atoms with Gasteiger partial charge in [0.05, 0.1) is 7.11 Å². The maximum Gasteiger partial charge on any atom is 0.403 e. The fourth-order valence-corrected chi connectivity index (χ4v) is 2.01. The molecule has 0 bridgehead atoms. The Morgan fingerprint density at radius 3 is 2.41 bits per heavy atom. The van der Waals surface area contributed by atoms with Crippen LogP contribution in [0.15, 0.2) is 0 Å². The van der Waals surface area contributed by atoms with Crippen molar-refractivity contribution in [3.63, 3.8) is 0 Å². The number of hydrogen-bond donors (Lipinski definition) is 1. The Morgan fingerprint density at radius 1 is 1.45 bits per heavy atom. The molecule has 0 spiro atoms. The number of hydrogen-bond acceptors (Lipinski definition) is 6. The van der Waals surface area contributed by atoms with Gasteiger partial charge >= 0.3 is 21.3 Å². The molecule has 0 radical (unpaired) electrons. The van der Waals surface area contributed by atoms with Crippen molar-refractivity contribution < 1.29 is 40.1 Å². The minimum atomic E-state index is -5.44. The first-order valence-corrected chi connectivity index (χ1v) is 7.80. The van der Waals surface area contributed by atoms with Gasteiger partial charge in [0.15, 0.2) is 0 Å². The summed E-state index contributed by atoms with van der Waals surface area (Å²) in [5, 5.41) is -2.66. The molecule has 1 amide bonds. The Morgan fingerprint density at radius 2 is 2.00 bits per heavy atom. The molecule has 1 fully saturated rings. The molecular formula is C11H18F3NO6S. The van der Waals surface area contributed by atoms with E-state index in [-0.39, 0.29) is 12.8 Å². The number of amides is 1. The Bertz CT molecular complexity index is 496. The van der Waals surface area contributed by atoms with Gasteiger partial charge in [0.2, 0.25) is 12.1 Å². The van der Waals surface area contributed by atoms with Gasteiger partial charge in [-0.2, -0.15) is 17.2 Å². The normalized spacial score (nSPS) is 19.7. The number of carbonyl (C=O) groups is 2. The van der Waals surface area contributed by atoms with Crippen LogP contribution in [-0.2, 0) is 28.6 Å². The van der Waals surface area contributed by atoms with E-state index >= 15 is 0 Å². The highest BCUT2D eigenvalue weighted by Gasteiger charge is 2.54. The molecule has 1 aliphatic heterocycles. The monoisotopic (exact) mass is 349 g/mol. The maximum atomic E-state index is 13.2. The van der Waals surface area contributed by atoms with Gasteiger partial charge in [-0.15, -0.1) is 0 Å². The third-order valence-electron chi connectivity index (χ3n) is 2.57. The lowest BCUT2D eigenvalue weighted by Gasteiger charge is -2.19. The molecule has 11 heteroatoms. The van der Waals surface area contributed by atoms with Crippen LogP contribution in [0.1, 0.15) is 26.7 Å². The number of nitrogens with one attached hydrogen (secondary N) is 1. The zero-order chi connectivity index (χ0) is 17.6. The Labute approximate surface area is 126 Å². The number of alkyl halides is 3. The van der Waals surface area contributed by atoms with Crippen LogP contribution >= 0.6 is 0 Å². The average Bonchev–Trinajstić information content (AvgIpc) is 2.92. The second-order valence-electron chi connectivity index (χ2n) is 3.94. The first kappa shape index (κ1) is 20.6. The van der Waals surface area contributed by atoms with Gasteiger partial charge < -0.3 is 10.1 Å². The Kier molecular flexibility index (Phi) is 7.81. The van der Waals surface area contributed by atoms with E-state index in [1.807, 2.05) is 13.8 Å². The molecule has 22 heavy (non-hydrogen) atoms. The standard InChI is InChI=1S/C9H12F3NO6S.C2H6/c1-18-20(16,17)9(11,12)6(10)4-19-8(15)5-2-3-7(14)13-5;1-2/h5-6H,2-4H2,1H3,(H,13,14);1-2H3. The number of rotatable bonds is 6. The van der Waals surface area contributed by atoms with E-state index in [4.69, 9.17) is 0 Å². The molecule has 2 unspecified atom stereocenters. The zero-order valence-corrected chi connectivity index (χ0v) is 13.1. The molecule has 1 heterocycles. The van der Waals surface area contributed by atoms with Gasteiger partial charge in [0, 0.05) is 6.42 Å². The Hall–Kier alpha value is -1.36. The SMILES string of the molecule is CC.COS(=O)(=O)C(F)(F)C(F)COC(=O)C1CCC(=O)N1. The summed E-state index contributed by atoms with van der Waals surface area (Å²) in [4.78, 5) is 22.1. The predicted octanol–water partition coefficient (Wildman–Crippen LogP) is 0.741. The third-order valence-corrected chi connectivity index (χ3v) is 3.93. The second-order valence-corrected chi connectivity index (χ2v) is 5.72. The highest BCUT2D eigenvalue weighted by atomic mass is 32.2. The van der Waals surface area contributed by atoms with Crippen LogP contribution in [0.2, 0.25) is 0 Å². The molecule has 0 saturated carbocycles. The lowest BCUT2D eigenvalue weighted by atomic mass is 10.2. The van der Waals surface area contributed by atoms with Gasteiger partial charge in [-0.1, -0.05) is 13.8 Å². The van der Waals surface area contributed by atoms with Gasteiger partial charge in [-0.05, 0) is 6.42 Å². The van der Waals surface area contributed by atoms with E-state index in [9.17, 15) is 31.2 Å². The lowest BCUT2D eigenvalue weighted by molar-refractivity contribution is -0.151. The number of ether oxygens (including phenoxy) is 1. The van der Waals surface area contributed by atoms with E-state index in [1.165, 1.54) is 0 Å². The van der Waals surface area contributed by atoms with Crippen LogP contribution in [0.3, 0.4) is 0 Å². The summed E-state index contributed by atoms with van der Waals surface area (Å²) in [5.74, 6) is -1.53. The number of carbonyl (C=O) groups excluding carboxylic acids is 2. The first-order chi connectivity index (χ1) is 10.1. The fraction of sp³-hybridized carbons (Fsp3) is 0.818. The smallest absolute Gasteiger partial charge is 0.403 e. The quantitative estimate of drug-likeness (QED) is 0.561. The van der Waals surface area contributed by atoms with Crippen molar-refractivity contribution in [1.82, 2.24) is 5.32 Å². The van der Waals surface area contributed by atoms with Crippen LogP contribution in [0.25, 0.3) is 0 Å². The molecule has 0 aromatic carbocycles. The van der Waals surface area contributed by atoms with Gasteiger partial charge in [0.25, 0.3) is 0 Å². The first-order valence-electron chi connectivity index (χ1n) is 6.40. The summed E-state index contributed by atoms with van der Waals surface area (Å²) in [6.07, 6.45) is -3.12. The van der Waals surface area contributed by atoms with Crippen LogP contribution < -0.4 is 5.32 Å². The zero-order valence-electron chi connectivity index (χ0n) is 12.3. The van der Waals surface area contributed by atoms with Crippen molar-refractivity contribution in [2.24, 2.45) is 0 Å². The van der Waals surface area contributed by atoms with E-state index in [2.05, 4.69) is 14.2 Å². The molecule has 7 nitrogen and oxygen atoms in total. The summed E-state index contributed by atoms with van der Waals surface area (Å²) < 4.78 is 68.8. The largest absolute Gasteiger partial charge is 0.461 e. The third kappa shape index (κ3) is 4.83. The van der Waals surface area contributed by atoms with Gasteiger partial charge in [-0.3, -0.25) is 8.98 Å². The van der Waals surface area contributed by atoms with E-state index in [0.29, 0.717) is 7.11 Å². The fourth-order valence-electron chi connectivity index (χ4n) is 1.41. The van der Waals surface area contributed by atoms with E-state index < -0.39 is 46.1 Å². The highest BCUT2D eigenvalue weighted by Crippen LogP contribution is 2.29. The summed E-state index contributed by atoms with van der Waals surface area (Å²) >= 11 is 0.